The minimum Gasteiger partial charge on any atom is -0.489 e. The average Bonchev–Trinajstić information content (AvgIpc) is 2.95. The van der Waals surface area contributed by atoms with E-state index >= 15 is 0 Å². The molecule has 3 aromatic rings. The Labute approximate surface area is 248 Å². The summed E-state index contributed by atoms with van der Waals surface area (Å²) in [5.41, 5.74) is 5.79. The smallest absolute Gasteiger partial charge is 0.338 e. The minimum absolute atomic E-state index is 0.230. The SMILES string of the molecule is CCOC(=O)C1=C(C)NC(=S)N[C@@H]1c1ccccc1OCC(=O)NN=Cc1ccc(OCc2cccc(Cl)c2)cc1. The fraction of sp³-hybridized carbons (Fsp3) is 0.200. The van der Waals surface area contributed by atoms with Crippen LogP contribution in [0.2, 0.25) is 5.02 Å². The van der Waals surface area contributed by atoms with Gasteiger partial charge in [0, 0.05) is 16.3 Å². The first kappa shape index (κ1) is 29.6. The highest BCUT2D eigenvalue weighted by Gasteiger charge is 2.32. The Morgan fingerprint density at radius 1 is 1.07 bits per heavy atom. The van der Waals surface area contributed by atoms with Crippen LogP contribution in [0.1, 0.15) is 36.6 Å². The van der Waals surface area contributed by atoms with Crippen LogP contribution in [0, 0.1) is 0 Å². The Hall–Kier alpha value is -4.41. The first-order valence-corrected chi connectivity index (χ1v) is 13.6. The maximum absolute atomic E-state index is 12.7. The van der Waals surface area contributed by atoms with Crippen LogP contribution in [0.4, 0.5) is 0 Å². The Balaban J connectivity index is 1.32. The van der Waals surface area contributed by atoms with E-state index in [1.807, 2.05) is 54.6 Å². The number of esters is 1. The van der Waals surface area contributed by atoms with Crippen molar-refractivity contribution < 1.29 is 23.8 Å². The molecule has 3 N–H and O–H groups in total. The number of carbonyl (C=O) groups is 2. The number of hydrogen-bond acceptors (Lipinski definition) is 7. The summed E-state index contributed by atoms with van der Waals surface area (Å²) in [6.45, 7) is 3.82. The van der Waals surface area contributed by atoms with E-state index in [1.54, 1.807) is 32.0 Å². The number of hydrazone groups is 1. The van der Waals surface area contributed by atoms with Crippen LogP contribution in [-0.2, 0) is 20.9 Å². The lowest BCUT2D eigenvalue weighted by molar-refractivity contribution is -0.139. The summed E-state index contributed by atoms with van der Waals surface area (Å²) in [6.07, 6.45) is 1.52. The van der Waals surface area contributed by atoms with Crippen molar-refractivity contribution in [1.82, 2.24) is 16.1 Å². The summed E-state index contributed by atoms with van der Waals surface area (Å²) < 4.78 is 16.8. The fourth-order valence-electron chi connectivity index (χ4n) is 4.05. The topological polar surface area (TPSA) is 110 Å². The zero-order valence-electron chi connectivity index (χ0n) is 22.5. The second-order valence-corrected chi connectivity index (χ2v) is 9.74. The molecule has 4 rings (SSSR count). The number of para-hydroxylation sites is 1. The second-order valence-electron chi connectivity index (χ2n) is 8.90. The van der Waals surface area contributed by atoms with Gasteiger partial charge in [-0.05, 0) is 79.7 Å². The molecule has 0 saturated heterocycles. The third kappa shape index (κ3) is 8.29. The van der Waals surface area contributed by atoms with Crippen LogP contribution >= 0.6 is 23.8 Å². The molecule has 1 aliphatic heterocycles. The molecule has 0 saturated carbocycles. The van der Waals surface area contributed by atoms with Gasteiger partial charge in [0.2, 0.25) is 0 Å². The zero-order chi connectivity index (χ0) is 29.2. The monoisotopic (exact) mass is 592 g/mol. The lowest BCUT2D eigenvalue weighted by atomic mass is 9.95. The summed E-state index contributed by atoms with van der Waals surface area (Å²) in [5.74, 6) is 0.180. The van der Waals surface area contributed by atoms with Gasteiger partial charge in [0.25, 0.3) is 5.91 Å². The van der Waals surface area contributed by atoms with Gasteiger partial charge in [0.05, 0.1) is 24.4 Å². The number of nitrogens with one attached hydrogen (secondary N) is 3. The normalized spacial score (nSPS) is 14.7. The van der Waals surface area contributed by atoms with Gasteiger partial charge in [-0.15, -0.1) is 0 Å². The van der Waals surface area contributed by atoms with E-state index in [-0.39, 0.29) is 13.2 Å². The third-order valence-corrected chi connectivity index (χ3v) is 6.39. The molecule has 3 aromatic carbocycles. The van der Waals surface area contributed by atoms with E-state index in [0.717, 1.165) is 11.1 Å². The summed E-state index contributed by atoms with van der Waals surface area (Å²) in [7, 11) is 0. The quantitative estimate of drug-likeness (QED) is 0.126. The van der Waals surface area contributed by atoms with Crippen molar-refractivity contribution in [3.05, 3.63) is 106 Å². The molecular weight excluding hydrogens is 564 g/mol. The van der Waals surface area contributed by atoms with Crippen molar-refractivity contribution in [2.75, 3.05) is 13.2 Å². The highest BCUT2D eigenvalue weighted by molar-refractivity contribution is 7.80. The molecule has 0 radical (unpaired) electrons. The van der Waals surface area contributed by atoms with Gasteiger partial charge in [-0.25, -0.2) is 10.2 Å². The number of hydrogen-bond donors (Lipinski definition) is 3. The van der Waals surface area contributed by atoms with Gasteiger partial charge in [-0.1, -0.05) is 41.9 Å². The maximum Gasteiger partial charge on any atom is 0.338 e. The predicted molar refractivity (Wildman–Crippen MR) is 161 cm³/mol. The number of nitrogens with zero attached hydrogens (tertiary/aromatic N) is 1. The van der Waals surface area contributed by atoms with Crippen molar-refractivity contribution in [3.8, 4) is 11.5 Å². The summed E-state index contributed by atoms with van der Waals surface area (Å²) in [6, 6.07) is 21.2. The number of rotatable bonds is 11. The molecular formula is C30H29ClN4O5S. The predicted octanol–water partition coefficient (Wildman–Crippen LogP) is 4.80. The molecule has 11 heteroatoms. The number of carbonyl (C=O) groups excluding carboxylic acids is 2. The van der Waals surface area contributed by atoms with Crippen LogP contribution < -0.4 is 25.5 Å². The largest absolute Gasteiger partial charge is 0.489 e. The average molecular weight is 593 g/mol. The molecule has 0 aliphatic carbocycles. The number of ether oxygens (including phenoxy) is 3. The highest BCUT2D eigenvalue weighted by atomic mass is 35.5. The number of halogens is 1. The van der Waals surface area contributed by atoms with E-state index in [9.17, 15) is 9.59 Å². The van der Waals surface area contributed by atoms with Crippen LogP contribution in [0.5, 0.6) is 11.5 Å². The van der Waals surface area contributed by atoms with E-state index in [4.69, 9.17) is 38.0 Å². The summed E-state index contributed by atoms with van der Waals surface area (Å²) >= 11 is 11.3. The second kappa shape index (κ2) is 14.3. The molecule has 1 heterocycles. The van der Waals surface area contributed by atoms with Crippen molar-refractivity contribution in [2.24, 2.45) is 5.10 Å². The molecule has 0 unspecified atom stereocenters. The molecule has 1 atom stereocenters. The molecule has 9 nitrogen and oxygen atoms in total. The molecule has 1 aliphatic rings. The van der Waals surface area contributed by atoms with Crippen LogP contribution in [-0.4, -0.2) is 36.4 Å². The summed E-state index contributed by atoms with van der Waals surface area (Å²) in [5, 5.41) is 11.1. The molecule has 41 heavy (non-hydrogen) atoms. The standard InChI is InChI=1S/C30H29ClN4O5S/c1-3-38-29(37)27-19(2)33-30(41)34-28(27)24-9-4-5-10-25(24)40-18-26(36)35-32-16-20-11-13-23(14-12-20)39-17-21-7-6-8-22(31)15-21/h4-16,28H,3,17-18H2,1-2H3,(H,35,36)(H2,33,34,41)/t28-/m1/s1. The Kier molecular flexibility index (Phi) is 10.3. The maximum atomic E-state index is 12.7. The van der Waals surface area contributed by atoms with Crippen molar-refractivity contribution in [1.29, 1.82) is 0 Å². The van der Waals surface area contributed by atoms with Gasteiger partial charge in [-0.3, -0.25) is 4.79 Å². The van der Waals surface area contributed by atoms with Crippen LogP contribution in [0.25, 0.3) is 0 Å². The highest BCUT2D eigenvalue weighted by Crippen LogP contribution is 2.33. The van der Waals surface area contributed by atoms with Crippen molar-refractivity contribution in [3.63, 3.8) is 0 Å². The van der Waals surface area contributed by atoms with E-state index in [2.05, 4.69) is 21.2 Å². The van der Waals surface area contributed by atoms with Crippen molar-refractivity contribution in [2.45, 2.75) is 26.5 Å². The zero-order valence-corrected chi connectivity index (χ0v) is 24.1. The number of thiocarbonyl (C=S) groups is 1. The van der Waals surface area contributed by atoms with E-state index in [0.29, 0.717) is 45.1 Å². The number of benzene rings is 3. The van der Waals surface area contributed by atoms with E-state index < -0.39 is 17.9 Å². The molecule has 0 bridgehead atoms. The van der Waals surface area contributed by atoms with Gasteiger partial charge in [0.15, 0.2) is 11.7 Å². The number of amides is 1. The first-order valence-electron chi connectivity index (χ1n) is 12.8. The van der Waals surface area contributed by atoms with Crippen LogP contribution in [0.15, 0.2) is 89.2 Å². The lowest BCUT2D eigenvalue weighted by Gasteiger charge is -2.30. The number of allylic oxidation sites excluding steroid dienone is 1. The van der Waals surface area contributed by atoms with Gasteiger partial charge in [-0.2, -0.15) is 5.10 Å². The van der Waals surface area contributed by atoms with Gasteiger partial charge < -0.3 is 24.8 Å². The third-order valence-electron chi connectivity index (χ3n) is 5.93. The Morgan fingerprint density at radius 3 is 2.61 bits per heavy atom. The Morgan fingerprint density at radius 2 is 1.85 bits per heavy atom. The van der Waals surface area contributed by atoms with Gasteiger partial charge in [0.1, 0.15) is 18.1 Å². The molecule has 0 fully saturated rings. The minimum atomic E-state index is -0.613. The van der Waals surface area contributed by atoms with Crippen molar-refractivity contribution >= 4 is 47.0 Å². The summed E-state index contributed by atoms with van der Waals surface area (Å²) in [4.78, 5) is 25.1. The Bertz CT molecular complexity index is 1480. The van der Waals surface area contributed by atoms with Crippen LogP contribution in [0.3, 0.4) is 0 Å². The first-order chi connectivity index (χ1) is 19.8. The molecule has 0 aromatic heterocycles. The molecule has 0 spiro atoms. The lowest BCUT2D eigenvalue weighted by Crippen LogP contribution is -2.45. The molecule has 1 amide bonds. The fourth-order valence-corrected chi connectivity index (χ4v) is 4.54. The molecule has 212 valence electrons. The van der Waals surface area contributed by atoms with Gasteiger partial charge >= 0.3 is 5.97 Å². The van der Waals surface area contributed by atoms with E-state index in [1.165, 1.54) is 6.21 Å².